The summed E-state index contributed by atoms with van der Waals surface area (Å²) >= 11 is 12.7. The lowest BCUT2D eigenvalue weighted by atomic mass is 10.0. The highest BCUT2D eigenvalue weighted by atomic mass is 35.5. The zero-order chi connectivity index (χ0) is 16.2. The van der Waals surface area contributed by atoms with Crippen LogP contribution in [0.1, 0.15) is 5.56 Å². The van der Waals surface area contributed by atoms with E-state index in [0.29, 0.717) is 10.0 Å². The molecule has 0 saturated carbocycles. The molecule has 23 heavy (non-hydrogen) atoms. The molecule has 0 amide bonds. The second-order valence-corrected chi connectivity index (χ2v) is 6.29. The Labute approximate surface area is 147 Å². The third-order valence-corrected chi connectivity index (χ3v) is 4.59. The van der Waals surface area contributed by atoms with E-state index in [1.165, 1.54) is 0 Å². The van der Waals surface area contributed by atoms with Crippen molar-refractivity contribution in [1.29, 1.82) is 0 Å². The number of nitrogens with one attached hydrogen (secondary N) is 1. The van der Waals surface area contributed by atoms with Crippen LogP contribution in [0.15, 0.2) is 30.3 Å². The fourth-order valence-electron chi connectivity index (χ4n) is 2.84. The van der Waals surface area contributed by atoms with Crippen LogP contribution in [-0.4, -0.2) is 33.4 Å². The number of benzene rings is 2. The first-order valence-electron chi connectivity index (χ1n) is 7.67. The highest BCUT2D eigenvalue weighted by molar-refractivity contribution is 6.39. The SMILES string of the molecule is CNCc1[c]cc(-c2c(Cl)cccc2Cl)cc1N1CCOCC1. The molecule has 1 aliphatic heterocycles. The van der Waals surface area contributed by atoms with Crippen LogP contribution in [0.25, 0.3) is 11.1 Å². The first-order chi connectivity index (χ1) is 11.2. The van der Waals surface area contributed by atoms with Gasteiger partial charge in [-0.25, -0.2) is 0 Å². The zero-order valence-electron chi connectivity index (χ0n) is 13.0. The normalized spacial score (nSPS) is 15.0. The summed E-state index contributed by atoms with van der Waals surface area (Å²) in [4.78, 5) is 2.33. The summed E-state index contributed by atoms with van der Waals surface area (Å²) in [5.41, 5.74) is 4.15. The molecule has 2 aromatic carbocycles. The third kappa shape index (κ3) is 3.64. The molecule has 1 radical (unpaired) electrons. The molecular weight excluding hydrogens is 331 g/mol. The quantitative estimate of drug-likeness (QED) is 0.902. The Morgan fingerprint density at radius 1 is 1.22 bits per heavy atom. The minimum absolute atomic E-state index is 0.653. The summed E-state index contributed by atoms with van der Waals surface area (Å²) in [6, 6.07) is 13.1. The highest BCUT2D eigenvalue weighted by Crippen LogP contribution is 2.37. The van der Waals surface area contributed by atoms with E-state index in [-0.39, 0.29) is 0 Å². The highest BCUT2D eigenvalue weighted by Gasteiger charge is 2.17. The van der Waals surface area contributed by atoms with Crippen molar-refractivity contribution >= 4 is 28.9 Å². The molecule has 0 spiro atoms. The van der Waals surface area contributed by atoms with Crippen molar-refractivity contribution < 1.29 is 4.74 Å². The maximum atomic E-state index is 6.36. The van der Waals surface area contributed by atoms with E-state index in [4.69, 9.17) is 27.9 Å². The van der Waals surface area contributed by atoms with Gasteiger partial charge < -0.3 is 15.0 Å². The minimum Gasteiger partial charge on any atom is -0.378 e. The molecule has 1 saturated heterocycles. The molecule has 0 bridgehead atoms. The second-order valence-electron chi connectivity index (χ2n) is 5.48. The van der Waals surface area contributed by atoms with Crippen molar-refractivity contribution in [3.63, 3.8) is 0 Å². The topological polar surface area (TPSA) is 24.5 Å². The van der Waals surface area contributed by atoms with Gasteiger partial charge in [0, 0.05) is 40.9 Å². The number of hydrogen-bond acceptors (Lipinski definition) is 3. The smallest absolute Gasteiger partial charge is 0.0642 e. The number of rotatable bonds is 4. The monoisotopic (exact) mass is 349 g/mol. The van der Waals surface area contributed by atoms with Gasteiger partial charge in [-0.3, -0.25) is 0 Å². The summed E-state index contributed by atoms with van der Waals surface area (Å²) < 4.78 is 5.46. The Bertz CT molecular complexity index is 664. The van der Waals surface area contributed by atoms with Crippen LogP contribution in [-0.2, 0) is 11.3 Å². The average Bonchev–Trinajstić information content (AvgIpc) is 2.57. The molecule has 1 heterocycles. The van der Waals surface area contributed by atoms with Crippen molar-refractivity contribution in [1.82, 2.24) is 5.32 Å². The van der Waals surface area contributed by atoms with Crippen LogP contribution in [0.5, 0.6) is 0 Å². The molecule has 1 fully saturated rings. The molecule has 1 aliphatic rings. The molecule has 0 atom stereocenters. The molecule has 3 rings (SSSR count). The Morgan fingerprint density at radius 3 is 2.57 bits per heavy atom. The van der Waals surface area contributed by atoms with Crippen LogP contribution >= 0.6 is 23.2 Å². The van der Waals surface area contributed by atoms with Crippen LogP contribution in [0.2, 0.25) is 10.0 Å². The first kappa shape index (κ1) is 16.6. The molecular formula is C18H19Cl2N2O. The van der Waals surface area contributed by atoms with Crippen molar-refractivity contribution in [3.05, 3.63) is 52.0 Å². The van der Waals surface area contributed by atoms with Gasteiger partial charge in [0.15, 0.2) is 0 Å². The van der Waals surface area contributed by atoms with Crippen LogP contribution in [0.4, 0.5) is 5.69 Å². The fraction of sp³-hybridized carbons (Fsp3) is 0.333. The lowest BCUT2D eigenvalue weighted by Gasteiger charge is -2.31. The molecule has 1 N–H and O–H groups in total. The molecule has 0 unspecified atom stereocenters. The summed E-state index contributed by atoms with van der Waals surface area (Å²) in [7, 11) is 1.94. The van der Waals surface area contributed by atoms with Crippen LogP contribution in [0, 0.1) is 6.07 Å². The van der Waals surface area contributed by atoms with E-state index in [0.717, 1.165) is 55.2 Å². The molecule has 3 nitrogen and oxygen atoms in total. The van der Waals surface area contributed by atoms with Gasteiger partial charge in [0.1, 0.15) is 0 Å². The van der Waals surface area contributed by atoms with Gasteiger partial charge >= 0.3 is 0 Å². The molecule has 5 heteroatoms. The van der Waals surface area contributed by atoms with Gasteiger partial charge in [0.05, 0.1) is 13.2 Å². The lowest BCUT2D eigenvalue weighted by molar-refractivity contribution is 0.122. The van der Waals surface area contributed by atoms with Crippen LogP contribution < -0.4 is 10.2 Å². The summed E-state index contributed by atoms with van der Waals surface area (Å²) in [6.45, 7) is 4.02. The predicted octanol–water partition coefficient (Wildman–Crippen LogP) is 4.02. The standard InChI is InChI=1S/C18H19Cl2N2O/c1-21-12-14-6-5-13(18-15(19)3-2-4-16(18)20)11-17(14)22-7-9-23-10-8-22/h2-5,11,21H,7-10,12H2,1H3. The van der Waals surface area contributed by atoms with Crippen molar-refractivity contribution in [3.8, 4) is 11.1 Å². The Balaban J connectivity index is 2.06. The Hall–Kier alpha value is -1.26. The van der Waals surface area contributed by atoms with Gasteiger partial charge in [-0.2, -0.15) is 0 Å². The molecule has 2 aromatic rings. The van der Waals surface area contributed by atoms with E-state index in [1.807, 2.05) is 31.3 Å². The van der Waals surface area contributed by atoms with Crippen molar-refractivity contribution in [2.75, 3.05) is 38.3 Å². The summed E-state index contributed by atoms with van der Waals surface area (Å²) in [5, 5.41) is 4.51. The number of nitrogens with zero attached hydrogens (tertiary/aromatic N) is 1. The largest absolute Gasteiger partial charge is 0.378 e. The maximum absolute atomic E-state index is 6.36. The van der Waals surface area contributed by atoms with Gasteiger partial charge in [0.25, 0.3) is 0 Å². The number of anilines is 1. The number of ether oxygens (including phenoxy) is 1. The van der Waals surface area contributed by atoms with Gasteiger partial charge in [-0.15, -0.1) is 0 Å². The van der Waals surface area contributed by atoms with E-state index < -0.39 is 0 Å². The molecule has 0 aliphatic carbocycles. The van der Waals surface area contributed by atoms with Crippen LogP contribution in [0.3, 0.4) is 0 Å². The third-order valence-electron chi connectivity index (χ3n) is 3.96. The minimum atomic E-state index is 0.653. The number of morpholine rings is 1. The van der Waals surface area contributed by atoms with Gasteiger partial charge in [-0.05, 0) is 48.5 Å². The maximum Gasteiger partial charge on any atom is 0.0642 e. The van der Waals surface area contributed by atoms with Crippen molar-refractivity contribution in [2.24, 2.45) is 0 Å². The second kappa shape index (κ2) is 7.54. The van der Waals surface area contributed by atoms with Gasteiger partial charge in [-0.1, -0.05) is 29.3 Å². The predicted molar refractivity (Wildman–Crippen MR) is 96.5 cm³/mol. The zero-order valence-corrected chi connectivity index (χ0v) is 14.5. The molecule has 0 aromatic heterocycles. The van der Waals surface area contributed by atoms with E-state index in [2.05, 4.69) is 22.3 Å². The molecule has 121 valence electrons. The van der Waals surface area contributed by atoms with Gasteiger partial charge in [0.2, 0.25) is 0 Å². The Kier molecular flexibility index (Phi) is 5.44. The van der Waals surface area contributed by atoms with E-state index >= 15 is 0 Å². The average molecular weight is 350 g/mol. The Morgan fingerprint density at radius 2 is 1.91 bits per heavy atom. The number of halogens is 2. The number of hydrogen-bond donors (Lipinski definition) is 1. The van der Waals surface area contributed by atoms with Crippen molar-refractivity contribution in [2.45, 2.75) is 6.54 Å². The fourth-order valence-corrected chi connectivity index (χ4v) is 3.45. The van der Waals surface area contributed by atoms with E-state index in [1.54, 1.807) is 0 Å². The first-order valence-corrected chi connectivity index (χ1v) is 8.42. The summed E-state index contributed by atoms with van der Waals surface area (Å²) in [5.74, 6) is 0. The lowest BCUT2D eigenvalue weighted by Crippen LogP contribution is -2.37. The van der Waals surface area contributed by atoms with E-state index in [9.17, 15) is 0 Å². The summed E-state index contributed by atoms with van der Waals surface area (Å²) in [6.07, 6.45) is 0.